The predicted octanol–water partition coefficient (Wildman–Crippen LogP) is 1.23. The van der Waals surface area contributed by atoms with Crippen LogP contribution in [0.4, 0.5) is 0 Å². The Morgan fingerprint density at radius 2 is 2.00 bits per heavy atom. The summed E-state index contributed by atoms with van der Waals surface area (Å²) in [7, 11) is 0. The molecule has 1 atom stereocenters. The van der Waals surface area contributed by atoms with Crippen LogP contribution in [0.25, 0.3) is 0 Å². The molecule has 0 saturated heterocycles. The fourth-order valence-electron chi connectivity index (χ4n) is 0. The van der Waals surface area contributed by atoms with E-state index < -0.39 is 0 Å². The molecule has 2 heteroatoms. The van der Waals surface area contributed by atoms with Gasteiger partial charge in [0.1, 0.15) is 0 Å². The van der Waals surface area contributed by atoms with Crippen LogP contribution in [0.3, 0.4) is 0 Å². The van der Waals surface area contributed by atoms with Crippen LogP contribution < -0.4 is 0 Å². The molecule has 0 saturated carbocycles. The second-order valence-electron chi connectivity index (χ2n) is 1.03. The first kappa shape index (κ1) is 5.70. The molecule has 0 aromatic rings. The highest BCUT2D eigenvalue weighted by atomic mass is 32.1. The van der Waals surface area contributed by atoms with E-state index in [2.05, 4.69) is 25.3 Å². The predicted molar refractivity (Wildman–Crippen MR) is 32.3 cm³/mol. The zero-order valence-electron chi connectivity index (χ0n) is 3.18. The highest BCUT2D eigenvalue weighted by molar-refractivity contribution is 7.84. The topological polar surface area (TPSA) is 0 Å². The van der Waals surface area contributed by atoms with Crippen molar-refractivity contribution in [1.82, 2.24) is 0 Å². The molecule has 0 N–H and O–H groups in total. The SMILES string of the molecule is CC(S)CS. The lowest BCUT2D eigenvalue weighted by Crippen LogP contribution is -1.88. The Kier molecular flexibility index (Phi) is 3.32. The molecule has 0 aromatic carbocycles. The van der Waals surface area contributed by atoms with Gasteiger partial charge >= 0.3 is 0 Å². The van der Waals surface area contributed by atoms with Crippen molar-refractivity contribution in [3.63, 3.8) is 0 Å². The normalized spacial score (nSPS) is 15.0. The maximum absolute atomic E-state index is 4.02. The van der Waals surface area contributed by atoms with Crippen LogP contribution >= 0.6 is 25.3 Å². The van der Waals surface area contributed by atoms with E-state index in [0.717, 1.165) is 5.75 Å². The Balaban J connectivity index is 2.54. The van der Waals surface area contributed by atoms with Gasteiger partial charge in [0.15, 0.2) is 0 Å². The second-order valence-corrected chi connectivity index (χ2v) is 2.28. The Hall–Kier alpha value is 0.700. The average Bonchev–Trinajstić information content (AvgIpc) is 1.38. The average molecular weight is 108 g/mol. The van der Waals surface area contributed by atoms with Crippen LogP contribution in [0.5, 0.6) is 0 Å². The number of hydrogen-bond donors (Lipinski definition) is 2. The quantitative estimate of drug-likeness (QED) is 0.464. The van der Waals surface area contributed by atoms with Gasteiger partial charge < -0.3 is 0 Å². The third-order valence-corrected chi connectivity index (χ3v) is 1.28. The molecule has 5 heavy (non-hydrogen) atoms. The summed E-state index contributed by atoms with van der Waals surface area (Å²) in [5, 5.41) is 0.443. The molecule has 0 aromatic heterocycles. The van der Waals surface area contributed by atoms with Gasteiger partial charge in [0.05, 0.1) is 0 Å². The molecule has 32 valence electrons. The standard InChI is InChI=1S/C3H8S2/c1-3(5)2-4/h3-5H,2H2,1H3. The molecular weight excluding hydrogens is 100 g/mol. The molecule has 0 aliphatic heterocycles. The van der Waals surface area contributed by atoms with Gasteiger partial charge in [0, 0.05) is 11.0 Å². The van der Waals surface area contributed by atoms with Crippen molar-refractivity contribution >= 4 is 25.3 Å². The molecule has 0 nitrogen and oxygen atoms in total. The van der Waals surface area contributed by atoms with Crippen molar-refractivity contribution in [2.24, 2.45) is 0 Å². The van der Waals surface area contributed by atoms with Crippen molar-refractivity contribution in [2.45, 2.75) is 12.2 Å². The second kappa shape index (κ2) is 2.91. The van der Waals surface area contributed by atoms with Crippen molar-refractivity contribution in [3.05, 3.63) is 0 Å². The largest absolute Gasteiger partial charge is 0.178 e. The van der Waals surface area contributed by atoms with Gasteiger partial charge in [0.25, 0.3) is 0 Å². The molecule has 0 aliphatic carbocycles. The molecule has 0 amide bonds. The Labute approximate surface area is 43.8 Å². The Morgan fingerprint density at radius 1 is 1.80 bits per heavy atom. The minimum atomic E-state index is 0.443. The van der Waals surface area contributed by atoms with E-state index in [9.17, 15) is 0 Å². The van der Waals surface area contributed by atoms with Crippen LogP contribution in [0.1, 0.15) is 6.92 Å². The van der Waals surface area contributed by atoms with E-state index in [1.165, 1.54) is 0 Å². The molecule has 0 rings (SSSR count). The highest BCUT2D eigenvalue weighted by Gasteiger charge is 1.81. The maximum Gasteiger partial charge on any atom is 0.00766 e. The molecule has 0 spiro atoms. The first-order chi connectivity index (χ1) is 2.27. The van der Waals surface area contributed by atoms with Gasteiger partial charge in [-0.15, -0.1) is 0 Å². The van der Waals surface area contributed by atoms with E-state index in [0.29, 0.717) is 5.25 Å². The minimum absolute atomic E-state index is 0.443. The lowest BCUT2D eigenvalue weighted by atomic mass is 10.6. The van der Waals surface area contributed by atoms with E-state index >= 15 is 0 Å². The zero-order valence-corrected chi connectivity index (χ0v) is 4.97. The monoisotopic (exact) mass is 108 g/mol. The summed E-state index contributed by atoms with van der Waals surface area (Å²) in [6.45, 7) is 2.01. The van der Waals surface area contributed by atoms with Gasteiger partial charge in [-0.25, -0.2) is 0 Å². The zero-order chi connectivity index (χ0) is 4.28. The van der Waals surface area contributed by atoms with Crippen molar-refractivity contribution in [2.75, 3.05) is 5.75 Å². The van der Waals surface area contributed by atoms with E-state index in [-0.39, 0.29) is 0 Å². The number of thiol groups is 2. The molecule has 0 aliphatic rings. The molecule has 0 fully saturated rings. The fraction of sp³-hybridized carbons (Fsp3) is 1.00. The Bertz CT molecular complexity index is 18.9. The van der Waals surface area contributed by atoms with Crippen molar-refractivity contribution in [3.8, 4) is 0 Å². The lowest BCUT2D eigenvalue weighted by molar-refractivity contribution is 1.15. The highest BCUT2D eigenvalue weighted by Crippen LogP contribution is 1.91. The van der Waals surface area contributed by atoms with Crippen LogP contribution in [-0.4, -0.2) is 11.0 Å². The maximum atomic E-state index is 4.02. The van der Waals surface area contributed by atoms with Crippen LogP contribution in [-0.2, 0) is 0 Å². The number of hydrogen-bond acceptors (Lipinski definition) is 2. The number of rotatable bonds is 1. The summed E-state index contributed by atoms with van der Waals surface area (Å²) in [6.07, 6.45) is 0. The lowest BCUT2D eigenvalue weighted by Gasteiger charge is -1.89. The van der Waals surface area contributed by atoms with Gasteiger partial charge in [-0.2, -0.15) is 25.3 Å². The molecule has 1 unspecified atom stereocenters. The minimum Gasteiger partial charge on any atom is -0.178 e. The summed E-state index contributed by atoms with van der Waals surface area (Å²) in [5.41, 5.74) is 0. The van der Waals surface area contributed by atoms with Crippen LogP contribution in [0, 0.1) is 0 Å². The smallest absolute Gasteiger partial charge is 0.00766 e. The summed E-state index contributed by atoms with van der Waals surface area (Å²) in [6, 6.07) is 0. The Morgan fingerprint density at radius 3 is 2.00 bits per heavy atom. The van der Waals surface area contributed by atoms with E-state index in [4.69, 9.17) is 0 Å². The van der Waals surface area contributed by atoms with E-state index in [1.54, 1.807) is 0 Å². The van der Waals surface area contributed by atoms with Gasteiger partial charge in [-0.3, -0.25) is 0 Å². The van der Waals surface area contributed by atoms with Crippen molar-refractivity contribution in [1.29, 1.82) is 0 Å². The van der Waals surface area contributed by atoms with Crippen molar-refractivity contribution < 1.29 is 0 Å². The van der Waals surface area contributed by atoms with Gasteiger partial charge in [0.2, 0.25) is 0 Å². The summed E-state index contributed by atoms with van der Waals surface area (Å²) >= 11 is 7.96. The summed E-state index contributed by atoms with van der Waals surface area (Å²) < 4.78 is 0. The molecule has 0 radical (unpaired) electrons. The van der Waals surface area contributed by atoms with Gasteiger partial charge in [-0.05, 0) is 0 Å². The molecule has 0 heterocycles. The summed E-state index contributed by atoms with van der Waals surface area (Å²) in [5.74, 6) is 0.864. The van der Waals surface area contributed by atoms with E-state index in [1.807, 2.05) is 6.92 Å². The first-order valence-corrected chi connectivity index (χ1v) is 2.71. The fourth-order valence-corrected chi connectivity index (χ4v) is 0. The third-order valence-electron chi connectivity index (χ3n) is 0.264. The van der Waals surface area contributed by atoms with Crippen LogP contribution in [0.2, 0.25) is 0 Å². The van der Waals surface area contributed by atoms with Gasteiger partial charge in [-0.1, -0.05) is 6.92 Å². The van der Waals surface area contributed by atoms with Crippen LogP contribution in [0.15, 0.2) is 0 Å². The molecule has 0 bridgehead atoms. The third kappa shape index (κ3) is 4.70. The molecular formula is C3H8S2. The first-order valence-electron chi connectivity index (χ1n) is 1.56. The summed E-state index contributed by atoms with van der Waals surface area (Å²) in [4.78, 5) is 0.